The van der Waals surface area contributed by atoms with E-state index in [1.54, 1.807) is 122 Å². The highest BCUT2D eigenvalue weighted by Crippen LogP contribution is 2.29. The number of carbonyl (C=O) groups excluding carboxylic acids is 3. The first-order valence-electron chi connectivity index (χ1n) is 29.2. The summed E-state index contributed by atoms with van der Waals surface area (Å²) < 4.78 is 6.07. The largest absolute Gasteiger partial charge is 0.488 e. The van der Waals surface area contributed by atoms with Crippen LogP contribution in [0, 0.1) is 0 Å². The minimum absolute atomic E-state index is 0.107. The van der Waals surface area contributed by atoms with Crippen molar-refractivity contribution in [2.45, 2.75) is 0 Å². The molecule has 22 nitrogen and oxygen atoms in total. The summed E-state index contributed by atoms with van der Waals surface area (Å²) in [6, 6.07) is 57.3. The van der Waals surface area contributed by atoms with Crippen LogP contribution in [0.25, 0.3) is 84.1 Å². The second-order valence-electron chi connectivity index (χ2n) is 20.6. The normalized spacial score (nSPS) is 10.5. The van der Waals surface area contributed by atoms with E-state index in [9.17, 15) is 14.4 Å². The Bertz CT molecular complexity index is 5030. The van der Waals surface area contributed by atoms with E-state index in [-0.39, 0.29) is 22.9 Å². The number of nitrogens with one attached hydrogen (secondary N) is 3. The van der Waals surface area contributed by atoms with E-state index >= 15 is 0 Å². The molecule has 0 atom stereocenters. The monoisotopic (exact) mass is 1380 g/mol. The van der Waals surface area contributed by atoms with Gasteiger partial charge in [-0.15, -0.1) is 0 Å². The molecule has 0 spiro atoms. The first-order valence-corrected chi connectivity index (χ1v) is 30.8. The standard InChI is InChI=1S/C25H19N5O.C19H14ClN5O.C14H11BrN4O.C6H7BO2.C5H5BClNO2/c1-26-25(31)20-9-5-8-18(12-20)21-14-24-28-16-23(30(24)29-15-21)19-10-11-27-22(13-19)17-6-3-2-4-7-17;1-21-19(26)14-4-2-3-12(7-14)15-9-18-23-11-16(25(18)24-10-15)13-5-6-22-17(20)8-13;1-16-14(20)10-4-2-3-9(5-10)11-6-13-17-8-12(15)19(13)18-7-11;8-7(9)6-4-2-1-3-5-6;7-5-3-4(6(9)10)1-2-8-5/h2-16H,1H3,(H,26,31);2-11H,1H3,(H,21,26);2-8H,1H3,(H,16,20);1-5,8-9H;1-3,9-10H. The summed E-state index contributed by atoms with van der Waals surface area (Å²) in [5.41, 5.74) is 15.9. The maximum atomic E-state index is 12.0. The number of halogens is 3. The molecule has 0 saturated carbocycles. The molecule has 0 radical (unpaired) electrons. The Kier molecular flexibility index (Phi) is 22.7. The number of amides is 3. The average molecular weight is 1380 g/mol. The predicted octanol–water partition coefficient (Wildman–Crippen LogP) is 9.26. The minimum atomic E-state index is -1.47. The molecule has 0 aliphatic rings. The van der Waals surface area contributed by atoms with Crippen LogP contribution in [0.15, 0.2) is 248 Å². The molecule has 476 valence electrons. The molecule has 0 aliphatic heterocycles. The van der Waals surface area contributed by atoms with Crippen molar-refractivity contribution in [3.8, 4) is 67.2 Å². The maximum absolute atomic E-state index is 12.0. The molecule has 27 heteroatoms. The fourth-order valence-corrected chi connectivity index (χ4v) is 10.3. The summed E-state index contributed by atoms with van der Waals surface area (Å²) in [6.45, 7) is 0. The van der Waals surface area contributed by atoms with Crippen molar-refractivity contribution in [1.29, 1.82) is 0 Å². The van der Waals surface area contributed by atoms with Crippen LogP contribution >= 0.6 is 39.1 Å². The molecule has 3 amide bonds. The van der Waals surface area contributed by atoms with Crippen molar-refractivity contribution in [2.75, 3.05) is 21.1 Å². The number of hydrogen-bond acceptors (Lipinski definition) is 16. The van der Waals surface area contributed by atoms with Gasteiger partial charge in [0.2, 0.25) is 0 Å². The van der Waals surface area contributed by atoms with Crippen molar-refractivity contribution in [3.63, 3.8) is 0 Å². The number of rotatable bonds is 11. The van der Waals surface area contributed by atoms with Gasteiger partial charge in [0.05, 0.1) is 54.3 Å². The fourth-order valence-electron chi connectivity index (χ4n) is 9.54. The van der Waals surface area contributed by atoms with Gasteiger partial charge in [-0.05, 0) is 135 Å². The van der Waals surface area contributed by atoms with E-state index in [0.717, 1.165) is 83.1 Å². The Morgan fingerprint density at radius 3 is 1.20 bits per heavy atom. The third-order valence-electron chi connectivity index (χ3n) is 14.4. The highest BCUT2D eigenvalue weighted by molar-refractivity contribution is 9.10. The van der Waals surface area contributed by atoms with Crippen LogP contribution < -0.4 is 26.9 Å². The lowest BCUT2D eigenvalue weighted by Gasteiger charge is -2.07. The zero-order valence-corrected chi connectivity index (χ0v) is 54.4. The van der Waals surface area contributed by atoms with Crippen molar-refractivity contribution in [2.24, 2.45) is 0 Å². The summed E-state index contributed by atoms with van der Waals surface area (Å²) >= 11 is 14.8. The maximum Gasteiger partial charge on any atom is 0.488 e. The van der Waals surface area contributed by atoms with Crippen molar-refractivity contribution in [1.82, 2.24) is 74.7 Å². The minimum Gasteiger partial charge on any atom is -0.423 e. The van der Waals surface area contributed by atoms with Crippen LogP contribution in [-0.4, -0.2) is 132 Å². The SMILES string of the molecule is CNC(=O)c1cccc(-c2cnn3c(-c4ccnc(-c5ccccc5)c4)cnc3c2)c1.CNC(=O)c1cccc(-c2cnn3c(-c4ccnc(Cl)c4)cnc3c2)c1.CNC(=O)c1cccc(-c2cnn3c(Br)cnc3c2)c1.OB(O)c1ccccc1.OB(O)c1ccnc(Cl)c1. The van der Waals surface area contributed by atoms with Gasteiger partial charge in [0.25, 0.3) is 17.7 Å². The third-order valence-corrected chi connectivity index (χ3v) is 15.3. The molecule has 9 heterocycles. The van der Waals surface area contributed by atoms with Crippen molar-refractivity contribution >= 4 is 99.0 Å². The average Bonchev–Trinajstić information content (AvgIpc) is 1.63. The molecule has 14 rings (SSSR count). The van der Waals surface area contributed by atoms with E-state index in [4.69, 9.17) is 43.3 Å². The van der Waals surface area contributed by atoms with E-state index in [0.29, 0.717) is 38.4 Å². The predicted molar refractivity (Wildman–Crippen MR) is 375 cm³/mol. The van der Waals surface area contributed by atoms with Crippen LogP contribution in [0.4, 0.5) is 0 Å². The first kappa shape index (κ1) is 67.7. The van der Waals surface area contributed by atoms with Gasteiger partial charge in [0, 0.05) is 89.8 Å². The van der Waals surface area contributed by atoms with Gasteiger partial charge in [0.15, 0.2) is 16.9 Å². The van der Waals surface area contributed by atoms with Crippen LogP contribution in [0.2, 0.25) is 10.3 Å². The van der Waals surface area contributed by atoms with Gasteiger partial charge >= 0.3 is 14.2 Å². The van der Waals surface area contributed by atoms with Gasteiger partial charge in [-0.3, -0.25) is 19.4 Å². The number of carbonyl (C=O) groups is 3. The second kappa shape index (κ2) is 32.1. The molecule has 0 fully saturated rings. The summed E-state index contributed by atoms with van der Waals surface area (Å²) in [5.74, 6) is -0.353. The summed E-state index contributed by atoms with van der Waals surface area (Å²) in [6.07, 6.45) is 15.4. The molecule has 9 aromatic heterocycles. The Labute approximate surface area is 568 Å². The number of fused-ring (bicyclic) bond motifs is 3. The van der Waals surface area contributed by atoms with Crippen LogP contribution in [0.5, 0.6) is 0 Å². The number of hydrogen-bond donors (Lipinski definition) is 7. The quantitative estimate of drug-likeness (QED) is 0.0469. The highest BCUT2D eigenvalue weighted by Gasteiger charge is 2.16. The summed E-state index contributed by atoms with van der Waals surface area (Å²) in [7, 11) is 2.04. The molecule has 5 aromatic carbocycles. The number of imidazole rings is 3. The number of aromatic nitrogens is 12. The number of benzene rings is 5. The Balaban J connectivity index is 0.000000140. The lowest BCUT2D eigenvalue weighted by atomic mass is 9.81. The number of pyridine rings is 3. The van der Waals surface area contributed by atoms with Gasteiger partial charge in [-0.25, -0.2) is 38.5 Å². The molecule has 7 N–H and O–H groups in total. The third kappa shape index (κ3) is 17.0. The van der Waals surface area contributed by atoms with Crippen LogP contribution in [0.1, 0.15) is 31.1 Å². The Morgan fingerprint density at radius 2 is 0.771 bits per heavy atom. The molecule has 0 bridgehead atoms. The first-order chi connectivity index (χ1) is 46.6. The molecule has 0 saturated heterocycles. The van der Waals surface area contributed by atoms with Crippen LogP contribution in [-0.2, 0) is 0 Å². The van der Waals surface area contributed by atoms with Crippen molar-refractivity contribution in [3.05, 3.63) is 275 Å². The Morgan fingerprint density at radius 1 is 0.375 bits per heavy atom. The molecule has 14 aromatic rings. The summed E-state index contributed by atoms with van der Waals surface area (Å²) in [4.78, 5) is 60.9. The fraction of sp³-hybridized carbons (Fsp3) is 0.0435. The molecule has 0 unspecified atom stereocenters. The molecular formula is C69H56B2BrCl2N15O7. The lowest BCUT2D eigenvalue weighted by Crippen LogP contribution is -2.29. The van der Waals surface area contributed by atoms with Crippen molar-refractivity contribution < 1.29 is 34.5 Å². The number of nitrogens with zero attached hydrogens (tertiary/aromatic N) is 12. The van der Waals surface area contributed by atoms with E-state index in [1.165, 1.54) is 18.3 Å². The van der Waals surface area contributed by atoms with Gasteiger partial charge in [-0.2, -0.15) is 15.3 Å². The van der Waals surface area contributed by atoms with Gasteiger partial charge in [0.1, 0.15) is 14.9 Å². The van der Waals surface area contributed by atoms with E-state index in [1.807, 2.05) is 138 Å². The summed E-state index contributed by atoms with van der Waals surface area (Å²) in [5, 5.41) is 56.4. The van der Waals surface area contributed by atoms with E-state index < -0.39 is 14.2 Å². The smallest absolute Gasteiger partial charge is 0.423 e. The Hall–Kier alpha value is -11.2. The zero-order valence-electron chi connectivity index (χ0n) is 51.3. The zero-order chi connectivity index (χ0) is 67.7. The van der Waals surface area contributed by atoms with Gasteiger partial charge in [-0.1, -0.05) is 120 Å². The van der Waals surface area contributed by atoms with E-state index in [2.05, 4.69) is 77.1 Å². The molecular weight excluding hydrogens is 1320 g/mol. The second-order valence-corrected chi connectivity index (χ2v) is 22.2. The highest BCUT2D eigenvalue weighted by atomic mass is 79.9. The lowest BCUT2D eigenvalue weighted by molar-refractivity contribution is 0.0955. The topological polar surface area (TPSA) is 297 Å². The molecule has 0 aliphatic carbocycles. The van der Waals surface area contributed by atoms with Crippen LogP contribution in [0.3, 0.4) is 0 Å². The van der Waals surface area contributed by atoms with Gasteiger partial charge < -0.3 is 36.0 Å². The molecule has 96 heavy (non-hydrogen) atoms.